The van der Waals surface area contributed by atoms with Crippen molar-refractivity contribution in [2.45, 2.75) is 45.1 Å². The summed E-state index contributed by atoms with van der Waals surface area (Å²) < 4.78 is 30.9. The Labute approximate surface area is 121 Å². The van der Waals surface area contributed by atoms with E-state index in [1.54, 1.807) is 19.1 Å². The second-order valence-electron chi connectivity index (χ2n) is 3.92. The molecule has 0 aliphatic carbocycles. The average Bonchev–Trinajstić information content (AvgIpc) is 2.46. The predicted molar refractivity (Wildman–Crippen MR) is 78.9 cm³/mol. The second kappa shape index (κ2) is 8.71. The molecule has 0 radical (unpaired) electrons. The summed E-state index contributed by atoms with van der Waals surface area (Å²) in [5, 5.41) is 0. The third-order valence-corrected chi connectivity index (χ3v) is 4.01. The fraction of sp³-hybridized carbons (Fsp3) is 0.500. The number of ether oxygens (including phenoxy) is 1. The molecule has 1 atom stereocenters. The van der Waals surface area contributed by atoms with Crippen LogP contribution in [0.5, 0.6) is 0 Å². The predicted octanol–water partition coefficient (Wildman–Crippen LogP) is 2.25. The van der Waals surface area contributed by atoms with Crippen LogP contribution in [-0.4, -0.2) is 27.5 Å². The molecule has 0 aliphatic rings. The fourth-order valence-corrected chi connectivity index (χ4v) is 2.68. The van der Waals surface area contributed by atoms with Crippen molar-refractivity contribution in [1.29, 1.82) is 0 Å². The maximum atomic E-state index is 12.0. The van der Waals surface area contributed by atoms with Gasteiger partial charge in [-0.3, -0.25) is 4.79 Å². The zero-order chi connectivity index (χ0) is 15.8. The summed E-state index contributed by atoms with van der Waals surface area (Å²) in [6.45, 7) is 7.58. The molecule has 20 heavy (non-hydrogen) atoms. The molecule has 0 bridgehead atoms. The summed E-state index contributed by atoms with van der Waals surface area (Å²) in [4.78, 5) is 11.5. The summed E-state index contributed by atoms with van der Waals surface area (Å²) >= 11 is 0. The number of carbonyl (C=O) groups excluding carboxylic acids is 1. The molecule has 0 saturated heterocycles. The first-order valence-electron chi connectivity index (χ1n) is 6.57. The van der Waals surface area contributed by atoms with Gasteiger partial charge >= 0.3 is 5.97 Å². The lowest BCUT2D eigenvalue weighted by Gasteiger charge is -2.14. The highest BCUT2D eigenvalue weighted by Gasteiger charge is 2.24. The van der Waals surface area contributed by atoms with Gasteiger partial charge in [-0.15, -0.1) is 0 Å². The van der Waals surface area contributed by atoms with Gasteiger partial charge in [0.15, 0.2) is 0 Å². The quantitative estimate of drug-likeness (QED) is 0.847. The highest BCUT2D eigenvalue weighted by atomic mass is 32.2. The highest BCUT2D eigenvalue weighted by Crippen LogP contribution is 2.11. The molecule has 1 aromatic carbocycles. The van der Waals surface area contributed by atoms with Gasteiger partial charge in [0.2, 0.25) is 10.0 Å². The topological polar surface area (TPSA) is 72.5 Å². The Bertz CT molecular complexity index is 508. The van der Waals surface area contributed by atoms with Crippen molar-refractivity contribution in [3.05, 3.63) is 29.8 Å². The van der Waals surface area contributed by atoms with E-state index in [0.717, 1.165) is 5.56 Å². The van der Waals surface area contributed by atoms with Crippen LogP contribution in [0.15, 0.2) is 29.2 Å². The first-order chi connectivity index (χ1) is 9.40. The molecule has 0 fully saturated rings. The number of methoxy groups -OCH3 is 1. The van der Waals surface area contributed by atoms with Crippen molar-refractivity contribution in [1.82, 2.24) is 4.72 Å². The minimum absolute atomic E-state index is 0.135. The number of nitrogens with one attached hydrogen (secondary N) is 1. The van der Waals surface area contributed by atoms with E-state index in [-0.39, 0.29) is 4.90 Å². The zero-order valence-corrected chi connectivity index (χ0v) is 13.5. The maximum absolute atomic E-state index is 12.0. The van der Waals surface area contributed by atoms with E-state index >= 15 is 0 Å². The molecule has 114 valence electrons. The van der Waals surface area contributed by atoms with Gasteiger partial charge in [0.05, 0.1) is 12.0 Å². The standard InChI is InChI=1S/C12H17NO4S.C2H6/c1-4-11(12(14)17-3)13-18(15,16)10-7-5-9(2)6-8-10;1-2/h5-8,11,13H,4H2,1-3H3;1-2H3. The number of hydrogen-bond donors (Lipinski definition) is 1. The summed E-state index contributed by atoms with van der Waals surface area (Å²) in [5.74, 6) is -0.590. The van der Waals surface area contributed by atoms with Crippen LogP contribution >= 0.6 is 0 Å². The van der Waals surface area contributed by atoms with Crippen molar-refractivity contribution in [2.24, 2.45) is 0 Å². The molecule has 6 heteroatoms. The van der Waals surface area contributed by atoms with Crippen LogP contribution in [0.1, 0.15) is 32.8 Å². The molecule has 0 aliphatic heterocycles. The maximum Gasteiger partial charge on any atom is 0.323 e. The number of hydrogen-bond acceptors (Lipinski definition) is 4. The molecule has 0 amide bonds. The van der Waals surface area contributed by atoms with Gasteiger partial charge in [-0.1, -0.05) is 38.5 Å². The Morgan fingerprint density at radius 1 is 1.25 bits per heavy atom. The molecule has 0 aromatic heterocycles. The Kier molecular flexibility index (Phi) is 8.10. The van der Waals surface area contributed by atoms with Crippen LogP contribution in [0.4, 0.5) is 0 Å². The number of sulfonamides is 1. The first kappa shape index (κ1) is 18.6. The number of benzene rings is 1. The van der Waals surface area contributed by atoms with Crippen molar-refractivity contribution in [2.75, 3.05) is 7.11 Å². The average molecular weight is 301 g/mol. The summed E-state index contributed by atoms with van der Waals surface area (Å²) in [7, 11) is -2.47. The van der Waals surface area contributed by atoms with E-state index in [9.17, 15) is 13.2 Å². The van der Waals surface area contributed by atoms with E-state index in [1.165, 1.54) is 19.2 Å². The Balaban J connectivity index is 0.00000172. The normalized spacial score (nSPS) is 12.1. The van der Waals surface area contributed by atoms with Crippen molar-refractivity contribution in [3.8, 4) is 0 Å². The number of esters is 1. The summed E-state index contributed by atoms with van der Waals surface area (Å²) in [6, 6.07) is 5.55. The van der Waals surface area contributed by atoms with Crippen molar-refractivity contribution < 1.29 is 17.9 Å². The van der Waals surface area contributed by atoms with Crippen molar-refractivity contribution in [3.63, 3.8) is 0 Å². The molecule has 1 N–H and O–H groups in total. The van der Waals surface area contributed by atoms with Gasteiger partial charge in [-0.2, -0.15) is 4.72 Å². The lowest BCUT2D eigenvalue weighted by atomic mass is 10.2. The van der Waals surface area contributed by atoms with E-state index in [1.807, 2.05) is 20.8 Å². The van der Waals surface area contributed by atoms with E-state index in [4.69, 9.17) is 0 Å². The smallest absolute Gasteiger partial charge is 0.323 e. The van der Waals surface area contributed by atoms with Crippen LogP contribution in [0.3, 0.4) is 0 Å². The lowest BCUT2D eigenvalue weighted by Crippen LogP contribution is -2.40. The molecule has 1 unspecified atom stereocenters. The lowest BCUT2D eigenvalue weighted by molar-refractivity contribution is -0.142. The summed E-state index contributed by atoms with van der Waals surface area (Å²) in [5.41, 5.74) is 0.967. The van der Waals surface area contributed by atoms with E-state index < -0.39 is 22.0 Å². The molecule has 1 rings (SSSR count). The third kappa shape index (κ3) is 5.30. The second-order valence-corrected chi connectivity index (χ2v) is 5.63. The van der Waals surface area contributed by atoms with Crippen LogP contribution in [-0.2, 0) is 19.6 Å². The summed E-state index contributed by atoms with van der Waals surface area (Å²) in [6.07, 6.45) is 0.331. The molecule has 0 spiro atoms. The van der Waals surface area contributed by atoms with Crippen LogP contribution in [0.25, 0.3) is 0 Å². The van der Waals surface area contributed by atoms with Crippen LogP contribution < -0.4 is 4.72 Å². The Morgan fingerprint density at radius 3 is 2.15 bits per heavy atom. The van der Waals surface area contributed by atoms with Gasteiger partial charge in [0.1, 0.15) is 6.04 Å². The number of aryl methyl sites for hydroxylation is 1. The van der Waals surface area contributed by atoms with Crippen LogP contribution in [0.2, 0.25) is 0 Å². The molecular weight excluding hydrogens is 278 g/mol. The van der Waals surface area contributed by atoms with E-state index in [2.05, 4.69) is 9.46 Å². The van der Waals surface area contributed by atoms with Gasteiger partial charge in [0.25, 0.3) is 0 Å². The molecule has 0 heterocycles. The van der Waals surface area contributed by atoms with E-state index in [0.29, 0.717) is 6.42 Å². The molecule has 5 nitrogen and oxygen atoms in total. The third-order valence-electron chi connectivity index (χ3n) is 2.52. The van der Waals surface area contributed by atoms with Gasteiger partial charge in [0, 0.05) is 0 Å². The Morgan fingerprint density at radius 2 is 1.75 bits per heavy atom. The monoisotopic (exact) mass is 301 g/mol. The number of rotatable bonds is 5. The zero-order valence-electron chi connectivity index (χ0n) is 12.6. The largest absolute Gasteiger partial charge is 0.468 e. The van der Waals surface area contributed by atoms with Gasteiger partial charge in [-0.25, -0.2) is 8.42 Å². The molecular formula is C14H23NO4S. The molecule has 0 saturated carbocycles. The SMILES string of the molecule is CC.CCC(NS(=O)(=O)c1ccc(C)cc1)C(=O)OC. The van der Waals surface area contributed by atoms with Crippen molar-refractivity contribution >= 4 is 16.0 Å². The highest BCUT2D eigenvalue weighted by molar-refractivity contribution is 7.89. The van der Waals surface area contributed by atoms with Gasteiger partial charge in [-0.05, 0) is 25.5 Å². The van der Waals surface area contributed by atoms with Crippen LogP contribution in [0, 0.1) is 6.92 Å². The Hall–Kier alpha value is -1.40. The number of carbonyl (C=O) groups is 1. The minimum atomic E-state index is -3.69. The minimum Gasteiger partial charge on any atom is -0.468 e. The fourth-order valence-electron chi connectivity index (χ4n) is 1.41. The first-order valence-corrected chi connectivity index (χ1v) is 8.06. The van der Waals surface area contributed by atoms with Gasteiger partial charge < -0.3 is 4.74 Å². The molecule has 1 aromatic rings.